The van der Waals surface area contributed by atoms with Crippen LogP contribution in [0.2, 0.25) is 0 Å². The smallest absolute Gasteiger partial charge is 0.458 e. The number of aromatic nitrogens is 3. The van der Waals surface area contributed by atoms with Crippen molar-refractivity contribution in [2.45, 2.75) is 46.1 Å². The summed E-state index contributed by atoms with van der Waals surface area (Å²) in [5.41, 5.74) is 5.37. The molecule has 0 spiro atoms. The molecule has 1 atom stereocenters. The number of hydrogen-bond donors (Lipinski definition) is 2. The van der Waals surface area contributed by atoms with Crippen LogP contribution in [0.1, 0.15) is 24.0 Å². The van der Waals surface area contributed by atoms with Crippen molar-refractivity contribution in [3.63, 3.8) is 0 Å². The van der Waals surface area contributed by atoms with Crippen LogP contribution in [0.25, 0.3) is 11.0 Å². The lowest BCUT2D eigenvalue weighted by atomic mass is 9.92. The van der Waals surface area contributed by atoms with E-state index in [1.165, 1.54) is 6.92 Å². The number of ether oxygens (including phenoxy) is 1. The molecule has 168 valence electrons. The van der Waals surface area contributed by atoms with Crippen molar-refractivity contribution in [3.8, 4) is 0 Å². The zero-order chi connectivity index (χ0) is 23.1. The molecule has 7 nitrogen and oxygen atoms in total. The van der Waals surface area contributed by atoms with E-state index in [-0.39, 0.29) is 16.9 Å². The minimum absolute atomic E-state index is 0.00456. The lowest BCUT2D eigenvalue weighted by molar-refractivity contribution is -0.203. The highest BCUT2D eigenvalue weighted by atomic mass is 19.4. The molecule has 13 heteroatoms. The van der Waals surface area contributed by atoms with E-state index < -0.39 is 55.7 Å². The molecule has 2 aromatic rings. The maximum absolute atomic E-state index is 13.1. The van der Waals surface area contributed by atoms with Crippen LogP contribution < -0.4 is 5.73 Å². The van der Waals surface area contributed by atoms with Crippen LogP contribution in [-0.2, 0) is 22.5 Å². The number of aliphatic hydroxyl groups excluding tert-OH is 1. The van der Waals surface area contributed by atoms with Gasteiger partial charge in [-0.15, -0.1) is 0 Å². The number of carbonyl (C=O) groups excluding carboxylic acids is 1. The zero-order valence-electron chi connectivity index (χ0n) is 16.3. The Morgan fingerprint density at radius 3 is 2.27 bits per heavy atom. The molecule has 0 aliphatic rings. The number of hydrogen-bond acceptors (Lipinski definition) is 6. The SMILES string of the molecule is Cc1nc(N)c2nc(CC(F)(F)F)n(CC(C)(CO)COC(=O)C(F)(F)F)c2c1C. The number of aliphatic hydroxyl groups is 1. The van der Waals surface area contributed by atoms with E-state index in [1.54, 1.807) is 13.8 Å². The van der Waals surface area contributed by atoms with E-state index >= 15 is 0 Å². The molecule has 2 aromatic heterocycles. The predicted molar refractivity (Wildman–Crippen MR) is 93.4 cm³/mol. The van der Waals surface area contributed by atoms with Gasteiger partial charge in [-0.05, 0) is 19.4 Å². The number of aryl methyl sites for hydroxylation is 2. The molecule has 0 radical (unpaired) electrons. The lowest BCUT2D eigenvalue weighted by Gasteiger charge is -2.29. The number of nitrogens with zero attached hydrogens (tertiary/aromatic N) is 3. The summed E-state index contributed by atoms with van der Waals surface area (Å²) in [7, 11) is 0. The number of nitrogens with two attached hydrogens (primary N) is 1. The minimum Gasteiger partial charge on any atom is -0.458 e. The Labute approximate surface area is 166 Å². The number of alkyl halides is 6. The van der Waals surface area contributed by atoms with Gasteiger partial charge in [0.25, 0.3) is 0 Å². The summed E-state index contributed by atoms with van der Waals surface area (Å²) >= 11 is 0. The van der Waals surface area contributed by atoms with Gasteiger partial charge in [0, 0.05) is 17.7 Å². The number of carbonyl (C=O) groups is 1. The largest absolute Gasteiger partial charge is 0.490 e. The molecule has 0 fully saturated rings. The average Bonchev–Trinajstić information content (AvgIpc) is 2.93. The maximum atomic E-state index is 13.1. The third-order valence-electron chi connectivity index (χ3n) is 4.54. The molecule has 1 unspecified atom stereocenters. The van der Waals surface area contributed by atoms with Crippen molar-refractivity contribution in [3.05, 3.63) is 17.1 Å². The highest BCUT2D eigenvalue weighted by Gasteiger charge is 2.42. The summed E-state index contributed by atoms with van der Waals surface area (Å²) < 4.78 is 81.8. The molecule has 2 rings (SSSR count). The summed E-state index contributed by atoms with van der Waals surface area (Å²) in [6.45, 7) is 2.36. The van der Waals surface area contributed by atoms with Crippen molar-refractivity contribution in [2.24, 2.45) is 5.41 Å². The molecular formula is C17H20F6N4O3. The molecular weight excluding hydrogens is 422 g/mol. The van der Waals surface area contributed by atoms with Crippen LogP contribution in [-0.4, -0.2) is 51.2 Å². The Morgan fingerprint density at radius 1 is 1.17 bits per heavy atom. The van der Waals surface area contributed by atoms with Crippen molar-refractivity contribution < 1.29 is 41.0 Å². The third-order valence-corrected chi connectivity index (χ3v) is 4.54. The standard InChI is InChI=1S/C17H20F6N4O3/c1-8-9(2)25-13(24)11-12(8)27(10(26-11)4-16(18,19)20)5-15(3,6-28)7-30-14(29)17(21,22)23/h28H,4-7H2,1-3H3,(H2,24,25). The van der Waals surface area contributed by atoms with E-state index in [2.05, 4.69) is 14.7 Å². The molecule has 3 N–H and O–H groups in total. The molecule has 0 saturated heterocycles. The van der Waals surface area contributed by atoms with E-state index in [9.17, 15) is 36.2 Å². The topological polar surface area (TPSA) is 103 Å². The first-order valence-corrected chi connectivity index (χ1v) is 8.61. The number of rotatable bonds is 6. The van der Waals surface area contributed by atoms with Gasteiger partial charge in [-0.25, -0.2) is 14.8 Å². The van der Waals surface area contributed by atoms with Gasteiger partial charge in [-0.1, -0.05) is 6.92 Å². The monoisotopic (exact) mass is 442 g/mol. The van der Waals surface area contributed by atoms with Crippen molar-refractivity contribution in [1.29, 1.82) is 0 Å². The van der Waals surface area contributed by atoms with E-state index in [0.717, 1.165) is 4.57 Å². The maximum Gasteiger partial charge on any atom is 0.490 e. The number of fused-ring (bicyclic) bond motifs is 1. The van der Waals surface area contributed by atoms with Gasteiger partial charge in [0.15, 0.2) is 5.82 Å². The van der Waals surface area contributed by atoms with Gasteiger partial charge in [0.1, 0.15) is 24.4 Å². The molecule has 0 saturated carbocycles. The Kier molecular flexibility index (Phi) is 6.27. The molecule has 0 aromatic carbocycles. The van der Waals surface area contributed by atoms with Crippen LogP contribution in [0.3, 0.4) is 0 Å². The second-order valence-electron chi connectivity index (χ2n) is 7.35. The minimum atomic E-state index is -5.24. The van der Waals surface area contributed by atoms with Gasteiger partial charge in [-0.2, -0.15) is 26.3 Å². The zero-order valence-corrected chi connectivity index (χ0v) is 16.3. The fourth-order valence-corrected chi connectivity index (χ4v) is 2.88. The van der Waals surface area contributed by atoms with Crippen LogP contribution >= 0.6 is 0 Å². The fourth-order valence-electron chi connectivity index (χ4n) is 2.88. The first kappa shape index (κ1) is 23.7. The quantitative estimate of drug-likeness (QED) is 0.527. The molecule has 2 heterocycles. The van der Waals surface area contributed by atoms with E-state index in [1.807, 2.05) is 0 Å². The first-order valence-electron chi connectivity index (χ1n) is 8.61. The van der Waals surface area contributed by atoms with E-state index in [0.29, 0.717) is 11.3 Å². The van der Waals surface area contributed by atoms with Crippen molar-refractivity contribution >= 4 is 22.8 Å². The summed E-state index contributed by atoms with van der Waals surface area (Å²) in [6, 6.07) is 0. The van der Waals surface area contributed by atoms with Crippen LogP contribution in [0.5, 0.6) is 0 Å². The summed E-state index contributed by atoms with van der Waals surface area (Å²) in [4.78, 5) is 19.0. The number of anilines is 1. The Bertz CT molecular complexity index is 954. The molecule has 0 aliphatic carbocycles. The highest BCUT2D eigenvalue weighted by molar-refractivity contribution is 5.88. The molecule has 0 aliphatic heterocycles. The predicted octanol–water partition coefficient (Wildman–Crippen LogP) is 2.84. The number of imidazole rings is 1. The summed E-state index contributed by atoms with van der Waals surface area (Å²) in [6.07, 6.45) is -11.3. The number of halogens is 6. The van der Waals surface area contributed by atoms with Crippen molar-refractivity contribution in [1.82, 2.24) is 14.5 Å². The van der Waals surface area contributed by atoms with Crippen LogP contribution in [0.15, 0.2) is 0 Å². The Balaban J connectivity index is 2.54. The average molecular weight is 442 g/mol. The molecule has 0 bridgehead atoms. The fraction of sp³-hybridized carbons (Fsp3) is 0.588. The van der Waals surface area contributed by atoms with Gasteiger partial charge in [0.2, 0.25) is 0 Å². The van der Waals surface area contributed by atoms with Gasteiger partial charge >= 0.3 is 18.3 Å². The Hall–Kier alpha value is -2.57. The number of esters is 1. The van der Waals surface area contributed by atoms with E-state index in [4.69, 9.17) is 5.73 Å². The lowest BCUT2D eigenvalue weighted by Crippen LogP contribution is -2.37. The van der Waals surface area contributed by atoms with Gasteiger partial charge < -0.3 is 20.1 Å². The normalized spacial score (nSPS) is 14.7. The molecule has 0 amide bonds. The van der Waals surface area contributed by atoms with Gasteiger partial charge in [0.05, 0.1) is 12.1 Å². The van der Waals surface area contributed by atoms with Crippen molar-refractivity contribution in [2.75, 3.05) is 18.9 Å². The Morgan fingerprint density at radius 2 is 1.77 bits per heavy atom. The van der Waals surface area contributed by atoms with Gasteiger partial charge in [-0.3, -0.25) is 0 Å². The summed E-state index contributed by atoms with van der Waals surface area (Å²) in [5.74, 6) is -3.03. The molecule has 30 heavy (non-hydrogen) atoms. The second-order valence-corrected chi connectivity index (χ2v) is 7.35. The van der Waals surface area contributed by atoms with Crippen LogP contribution in [0.4, 0.5) is 32.2 Å². The third kappa shape index (κ3) is 5.12. The highest BCUT2D eigenvalue weighted by Crippen LogP contribution is 2.32. The second kappa shape index (κ2) is 7.93. The number of nitrogen functional groups attached to an aromatic ring is 1. The van der Waals surface area contributed by atoms with Crippen LogP contribution in [0, 0.1) is 19.3 Å². The first-order chi connectivity index (χ1) is 13.6. The number of pyridine rings is 1. The summed E-state index contributed by atoms with van der Waals surface area (Å²) in [5, 5.41) is 9.71.